The van der Waals surface area contributed by atoms with E-state index in [4.69, 9.17) is 0 Å². The Kier molecular flexibility index (Phi) is 2.43. The molecule has 4 unspecified atom stereocenters. The molecule has 0 spiro atoms. The van der Waals surface area contributed by atoms with Crippen LogP contribution in [0.5, 0.6) is 0 Å². The SMILES string of the molecule is CC(C)(C)C1CCC2CC1C2(C)C(F)(F)F. The number of fused-ring (bicyclic) bond motifs is 2. The summed E-state index contributed by atoms with van der Waals surface area (Å²) in [6, 6.07) is 0. The molecule has 0 nitrogen and oxygen atoms in total. The van der Waals surface area contributed by atoms with Crippen molar-refractivity contribution < 1.29 is 13.2 Å². The average Bonchev–Trinajstić information content (AvgIpc) is 2.13. The molecule has 4 atom stereocenters. The number of alkyl halides is 3. The third-order valence-electron chi connectivity index (χ3n) is 5.19. The Bertz CT molecular complexity index is 285. The molecule has 3 rings (SSSR count). The number of rotatable bonds is 0. The van der Waals surface area contributed by atoms with Crippen molar-refractivity contribution in [1.82, 2.24) is 0 Å². The van der Waals surface area contributed by atoms with Gasteiger partial charge in [0.15, 0.2) is 0 Å². The monoisotopic (exact) mass is 234 g/mol. The molecular weight excluding hydrogens is 213 g/mol. The van der Waals surface area contributed by atoms with Crippen molar-refractivity contribution in [1.29, 1.82) is 0 Å². The van der Waals surface area contributed by atoms with E-state index in [0.29, 0.717) is 0 Å². The quantitative estimate of drug-likeness (QED) is 0.572. The third-order valence-corrected chi connectivity index (χ3v) is 5.19. The molecule has 3 fully saturated rings. The summed E-state index contributed by atoms with van der Waals surface area (Å²) in [5.41, 5.74) is -1.40. The predicted molar refractivity (Wildman–Crippen MR) is 57.9 cm³/mol. The Labute approximate surface area is 95.6 Å². The molecule has 3 saturated carbocycles. The molecule has 0 N–H and O–H groups in total. The zero-order valence-corrected chi connectivity index (χ0v) is 10.5. The van der Waals surface area contributed by atoms with Gasteiger partial charge in [0, 0.05) is 0 Å². The van der Waals surface area contributed by atoms with Crippen molar-refractivity contribution in [3.63, 3.8) is 0 Å². The average molecular weight is 234 g/mol. The van der Waals surface area contributed by atoms with Gasteiger partial charge in [-0.15, -0.1) is 0 Å². The summed E-state index contributed by atoms with van der Waals surface area (Å²) < 4.78 is 39.5. The Morgan fingerprint density at radius 3 is 2.00 bits per heavy atom. The first kappa shape index (κ1) is 12.3. The topological polar surface area (TPSA) is 0 Å². The summed E-state index contributed by atoms with van der Waals surface area (Å²) in [5.74, 6) is -0.0357. The second-order valence-electron chi connectivity index (χ2n) is 6.87. The van der Waals surface area contributed by atoms with E-state index in [-0.39, 0.29) is 23.2 Å². The van der Waals surface area contributed by atoms with E-state index in [2.05, 4.69) is 20.8 Å². The maximum Gasteiger partial charge on any atom is 0.394 e. The van der Waals surface area contributed by atoms with Gasteiger partial charge in [0.1, 0.15) is 0 Å². The van der Waals surface area contributed by atoms with Crippen LogP contribution < -0.4 is 0 Å². The first-order chi connectivity index (χ1) is 7.08. The van der Waals surface area contributed by atoms with Crippen LogP contribution in [-0.2, 0) is 0 Å². The molecular formula is C13H21F3. The third kappa shape index (κ3) is 1.42. The first-order valence-corrected chi connectivity index (χ1v) is 6.15. The van der Waals surface area contributed by atoms with Gasteiger partial charge in [-0.2, -0.15) is 13.2 Å². The van der Waals surface area contributed by atoms with E-state index in [0.717, 1.165) is 19.3 Å². The lowest BCUT2D eigenvalue weighted by Crippen LogP contribution is -2.63. The van der Waals surface area contributed by atoms with Crippen molar-refractivity contribution >= 4 is 0 Å². The maximum atomic E-state index is 13.2. The van der Waals surface area contributed by atoms with Crippen LogP contribution in [0.15, 0.2) is 0 Å². The van der Waals surface area contributed by atoms with Crippen LogP contribution in [0.3, 0.4) is 0 Å². The minimum Gasteiger partial charge on any atom is -0.170 e. The largest absolute Gasteiger partial charge is 0.394 e. The lowest BCUT2D eigenvalue weighted by Gasteiger charge is -2.63. The fraction of sp³-hybridized carbons (Fsp3) is 1.00. The number of hydrogen-bond donors (Lipinski definition) is 0. The van der Waals surface area contributed by atoms with Gasteiger partial charge in [0.25, 0.3) is 0 Å². The highest BCUT2D eigenvalue weighted by Crippen LogP contribution is 2.69. The van der Waals surface area contributed by atoms with Crippen LogP contribution in [0.1, 0.15) is 47.0 Å². The highest BCUT2D eigenvalue weighted by Gasteiger charge is 2.70. The molecule has 0 aromatic heterocycles. The molecule has 16 heavy (non-hydrogen) atoms. The maximum absolute atomic E-state index is 13.2. The Morgan fingerprint density at radius 1 is 1.06 bits per heavy atom. The number of hydrogen-bond acceptors (Lipinski definition) is 0. The molecule has 0 aliphatic heterocycles. The molecule has 3 aliphatic carbocycles. The minimum absolute atomic E-state index is 0.00255. The van der Waals surface area contributed by atoms with Gasteiger partial charge in [-0.05, 0) is 42.4 Å². The van der Waals surface area contributed by atoms with Gasteiger partial charge in [0.2, 0.25) is 0 Å². The smallest absolute Gasteiger partial charge is 0.170 e. The summed E-state index contributed by atoms with van der Waals surface area (Å²) in [6.07, 6.45) is -1.50. The van der Waals surface area contributed by atoms with E-state index in [9.17, 15) is 13.2 Å². The zero-order chi connectivity index (χ0) is 12.4. The summed E-state index contributed by atoms with van der Waals surface area (Å²) >= 11 is 0. The second kappa shape index (κ2) is 3.17. The van der Waals surface area contributed by atoms with Crippen molar-refractivity contribution in [2.45, 2.75) is 53.1 Å². The fourth-order valence-electron chi connectivity index (χ4n) is 4.00. The fourth-order valence-corrected chi connectivity index (χ4v) is 4.00. The van der Waals surface area contributed by atoms with Crippen LogP contribution in [0, 0.1) is 28.6 Å². The van der Waals surface area contributed by atoms with Crippen molar-refractivity contribution in [3.8, 4) is 0 Å². The molecule has 0 amide bonds. The Morgan fingerprint density at radius 2 is 1.62 bits per heavy atom. The van der Waals surface area contributed by atoms with Gasteiger partial charge in [0.05, 0.1) is 5.41 Å². The van der Waals surface area contributed by atoms with E-state index in [1.165, 1.54) is 6.92 Å². The van der Waals surface area contributed by atoms with Crippen molar-refractivity contribution in [3.05, 3.63) is 0 Å². The molecule has 94 valence electrons. The summed E-state index contributed by atoms with van der Waals surface area (Å²) in [7, 11) is 0. The van der Waals surface area contributed by atoms with E-state index in [1.807, 2.05) is 0 Å². The van der Waals surface area contributed by atoms with E-state index >= 15 is 0 Å². The van der Waals surface area contributed by atoms with Crippen molar-refractivity contribution in [2.24, 2.45) is 28.6 Å². The zero-order valence-electron chi connectivity index (χ0n) is 10.5. The highest BCUT2D eigenvalue weighted by atomic mass is 19.4. The normalized spacial score (nSPS) is 44.1. The van der Waals surface area contributed by atoms with Crippen LogP contribution in [-0.4, -0.2) is 6.18 Å². The Hall–Kier alpha value is -0.210. The van der Waals surface area contributed by atoms with Crippen LogP contribution in [0.25, 0.3) is 0 Å². The minimum atomic E-state index is -4.02. The van der Waals surface area contributed by atoms with Crippen LogP contribution in [0.4, 0.5) is 13.2 Å². The summed E-state index contributed by atoms with van der Waals surface area (Å²) in [6.45, 7) is 7.68. The molecule has 0 aromatic rings. The highest BCUT2D eigenvalue weighted by molar-refractivity contribution is 5.10. The molecule has 0 heterocycles. The molecule has 0 saturated heterocycles. The summed E-state index contributed by atoms with van der Waals surface area (Å²) in [5, 5.41) is 0. The standard InChI is InChI=1S/C13H21F3/c1-11(2,3)9-6-5-8-7-10(9)12(8,4)13(14,15)16/h8-10H,5-7H2,1-4H3. The van der Waals surface area contributed by atoms with Gasteiger partial charge < -0.3 is 0 Å². The van der Waals surface area contributed by atoms with Gasteiger partial charge in [-0.1, -0.05) is 27.7 Å². The molecule has 0 radical (unpaired) electrons. The van der Waals surface area contributed by atoms with Gasteiger partial charge >= 0.3 is 6.18 Å². The molecule has 2 bridgehead atoms. The second-order valence-corrected chi connectivity index (χ2v) is 6.87. The lowest BCUT2D eigenvalue weighted by atomic mass is 9.41. The van der Waals surface area contributed by atoms with Gasteiger partial charge in [-0.25, -0.2) is 0 Å². The van der Waals surface area contributed by atoms with Crippen molar-refractivity contribution in [2.75, 3.05) is 0 Å². The van der Waals surface area contributed by atoms with Gasteiger partial charge in [-0.3, -0.25) is 0 Å². The number of halogens is 3. The predicted octanol–water partition coefficient (Wildman–Crippen LogP) is 4.65. The molecule has 0 aromatic carbocycles. The molecule has 3 aliphatic rings. The molecule has 3 heteroatoms. The van der Waals surface area contributed by atoms with Crippen LogP contribution in [0.2, 0.25) is 0 Å². The Balaban J connectivity index is 2.27. The first-order valence-electron chi connectivity index (χ1n) is 6.15. The van der Waals surface area contributed by atoms with E-state index < -0.39 is 11.6 Å². The van der Waals surface area contributed by atoms with E-state index in [1.54, 1.807) is 0 Å². The lowest BCUT2D eigenvalue weighted by molar-refractivity contribution is -0.321. The van der Waals surface area contributed by atoms with Crippen LogP contribution >= 0.6 is 0 Å². The summed E-state index contributed by atoms with van der Waals surface area (Å²) in [4.78, 5) is 0.